The average molecular weight is 406 g/mol. The third-order valence-electron chi connectivity index (χ3n) is 3.96. The van der Waals surface area contributed by atoms with E-state index in [9.17, 15) is 18.0 Å². The van der Waals surface area contributed by atoms with Gasteiger partial charge in [0.1, 0.15) is 22.5 Å². The fraction of sp³-hybridized carbons (Fsp3) is 0.263. The molecule has 0 bridgehead atoms. The number of carbonyl (C=O) groups is 2. The van der Waals surface area contributed by atoms with Crippen LogP contribution < -0.4 is 20.1 Å². The fourth-order valence-electron chi connectivity index (χ4n) is 2.34. The van der Waals surface area contributed by atoms with Crippen molar-refractivity contribution in [2.75, 3.05) is 30.6 Å². The Balaban J connectivity index is 2.08. The molecule has 2 aromatic carbocycles. The molecule has 1 atom stereocenters. The van der Waals surface area contributed by atoms with E-state index in [1.54, 1.807) is 42.5 Å². The van der Waals surface area contributed by atoms with Gasteiger partial charge in [-0.15, -0.1) is 0 Å². The number of methoxy groups -OCH3 is 2. The van der Waals surface area contributed by atoms with Crippen molar-refractivity contribution in [3.05, 3.63) is 48.5 Å². The Labute approximate surface area is 163 Å². The van der Waals surface area contributed by atoms with Crippen molar-refractivity contribution in [2.45, 2.75) is 12.2 Å². The van der Waals surface area contributed by atoms with E-state index in [2.05, 4.69) is 10.6 Å². The second kappa shape index (κ2) is 9.23. The number of ether oxygens (including phenoxy) is 2. The Morgan fingerprint density at radius 2 is 1.68 bits per heavy atom. The summed E-state index contributed by atoms with van der Waals surface area (Å²) in [5.41, 5.74) is 0.739. The van der Waals surface area contributed by atoms with Crippen LogP contribution in [-0.2, 0) is 19.4 Å². The van der Waals surface area contributed by atoms with Crippen LogP contribution in [0.25, 0.3) is 0 Å². The van der Waals surface area contributed by atoms with Gasteiger partial charge in [0.25, 0.3) is 0 Å². The molecule has 0 aliphatic heterocycles. The Morgan fingerprint density at radius 3 is 2.29 bits per heavy atom. The molecule has 0 spiro atoms. The highest BCUT2D eigenvalue weighted by Gasteiger charge is 2.31. The van der Waals surface area contributed by atoms with E-state index < -0.39 is 32.7 Å². The van der Waals surface area contributed by atoms with E-state index >= 15 is 0 Å². The number of anilines is 2. The first-order valence-electron chi connectivity index (χ1n) is 8.36. The summed E-state index contributed by atoms with van der Waals surface area (Å²) < 4.78 is 35.2. The molecule has 0 radical (unpaired) electrons. The summed E-state index contributed by atoms with van der Waals surface area (Å²) in [6.45, 7) is 1.23. The van der Waals surface area contributed by atoms with Gasteiger partial charge in [-0.2, -0.15) is 0 Å². The zero-order chi connectivity index (χ0) is 20.7. The number of rotatable bonds is 8. The molecule has 2 aromatic rings. The van der Waals surface area contributed by atoms with Gasteiger partial charge in [-0.1, -0.05) is 18.2 Å². The molecular weight excluding hydrogens is 384 g/mol. The Bertz CT molecular complexity index is 944. The summed E-state index contributed by atoms with van der Waals surface area (Å²) in [6, 6.07) is 13.2. The van der Waals surface area contributed by atoms with Gasteiger partial charge in [0.15, 0.2) is 9.84 Å². The van der Waals surface area contributed by atoms with Gasteiger partial charge < -0.3 is 20.1 Å². The lowest BCUT2D eigenvalue weighted by molar-refractivity contribution is -0.115. The second-order valence-electron chi connectivity index (χ2n) is 5.92. The molecule has 0 aliphatic carbocycles. The molecule has 2 amide bonds. The van der Waals surface area contributed by atoms with Crippen molar-refractivity contribution < 1.29 is 27.5 Å². The van der Waals surface area contributed by atoms with Crippen LogP contribution in [0.15, 0.2) is 48.5 Å². The molecule has 0 aliphatic rings. The average Bonchev–Trinajstić information content (AvgIpc) is 2.67. The number of carbonyl (C=O) groups excluding carboxylic acids is 2. The Kier molecular flexibility index (Phi) is 7.00. The zero-order valence-corrected chi connectivity index (χ0v) is 16.6. The highest BCUT2D eigenvalue weighted by Crippen LogP contribution is 2.29. The number of hydrogen-bond acceptors (Lipinski definition) is 6. The van der Waals surface area contributed by atoms with Crippen LogP contribution >= 0.6 is 0 Å². The molecule has 2 N–H and O–H groups in total. The molecule has 0 heterocycles. The van der Waals surface area contributed by atoms with Gasteiger partial charge in [0.05, 0.1) is 19.9 Å². The number of para-hydroxylation sites is 1. The van der Waals surface area contributed by atoms with E-state index in [0.717, 1.165) is 0 Å². The van der Waals surface area contributed by atoms with E-state index in [4.69, 9.17) is 9.47 Å². The third kappa shape index (κ3) is 5.46. The van der Waals surface area contributed by atoms with Gasteiger partial charge in [0, 0.05) is 11.8 Å². The Hall–Kier alpha value is -3.07. The molecule has 0 saturated heterocycles. The van der Waals surface area contributed by atoms with Crippen molar-refractivity contribution >= 4 is 33.0 Å². The van der Waals surface area contributed by atoms with Gasteiger partial charge in [-0.3, -0.25) is 9.59 Å². The minimum atomic E-state index is -4.03. The zero-order valence-electron chi connectivity index (χ0n) is 15.8. The predicted octanol–water partition coefficient (Wildman–Crippen LogP) is 2.08. The standard InChI is InChI=1S/C19H22N2O6S/c1-13(19(23)21-16-11-15(26-2)9-10-17(16)27-3)28(24,25)12-18(22)20-14-7-5-4-6-8-14/h4-11,13H,12H2,1-3H3,(H,20,22)(H,21,23). The monoisotopic (exact) mass is 406 g/mol. The van der Waals surface area contributed by atoms with Gasteiger partial charge in [-0.25, -0.2) is 8.42 Å². The molecular formula is C19H22N2O6S. The molecule has 0 fully saturated rings. The molecule has 150 valence electrons. The topological polar surface area (TPSA) is 111 Å². The van der Waals surface area contributed by atoms with Crippen LogP contribution in [-0.4, -0.2) is 45.5 Å². The van der Waals surface area contributed by atoms with Crippen LogP contribution in [0, 0.1) is 0 Å². The molecule has 0 saturated carbocycles. The number of benzene rings is 2. The fourth-order valence-corrected chi connectivity index (χ4v) is 3.41. The first-order valence-corrected chi connectivity index (χ1v) is 10.1. The maximum absolute atomic E-state index is 12.5. The van der Waals surface area contributed by atoms with Crippen molar-refractivity contribution in [3.8, 4) is 11.5 Å². The number of sulfone groups is 1. The first-order chi connectivity index (χ1) is 13.3. The van der Waals surface area contributed by atoms with Gasteiger partial charge in [-0.05, 0) is 31.2 Å². The molecule has 9 heteroatoms. The van der Waals surface area contributed by atoms with Crippen LogP contribution in [0.2, 0.25) is 0 Å². The summed E-state index contributed by atoms with van der Waals surface area (Å²) in [5, 5.41) is 3.56. The van der Waals surface area contributed by atoms with Crippen molar-refractivity contribution in [1.29, 1.82) is 0 Å². The van der Waals surface area contributed by atoms with E-state index in [1.807, 2.05) is 0 Å². The van der Waals surface area contributed by atoms with Crippen LogP contribution in [0.4, 0.5) is 11.4 Å². The lowest BCUT2D eigenvalue weighted by Gasteiger charge is -2.16. The smallest absolute Gasteiger partial charge is 0.242 e. The summed E-state index contributed by atoms with van der Waals surface area (Å²) in [7, 11) is -1.14. The van der Waals surface area contributed by atoms with Gasteiger partial charge in [0.2, 0.25) is 11.8 Å². The second-order valence-corrected chi connectivity index (χ2v) is 8.24. The van der Waals surface area contributed by atoms with Crippen molar-refractivity contribution in [1.82, 2.24) is 0 Å². The number of hydrogen-bond donors (Lipinski definition) is 2. The SMILES string of the molecule is COc1ccc(OC)c(NC(=O)C(C)S(=O)(=O)CC(=O)Nc2ccccc2)c1. The summed E-state index contributed by atoms with van der Waals surface area (Å²) in [4.78, 5) is 24.5. The number of amides is 2. The molecule has 8 nitrogen and oxygen atoms in total. The quantitative estimate of drug-likeness (QED) is 0.694. The third-order valence-corrected chi connectivity index (χ3v) is 5.92. The predicted molar refractivity (Wildman–Crippen MR) is 106 cm³/mol. The summed E-state index contributed by atoms with van der Waals surface area (Å²) >= 11 is 0. The lowest BCUT2D eigenvalue weighted by atomic mass is 10.2. The number of nitrogens with one attached hydrogen (secondary N) is 2. The largest absolute Gasteiger partial charge is 0.497 e. The Morgan fingerprint density at radius 1 is 1.00 bits per heavy atom. The van der Waals surface area contributed by atoms with E-state index in [-0.39, 0.29) is 5.69 Å². The van der Waals surface area contributed by atoms with Crippen LogP contribution in [0.5, 0.6) is 11.5 Å². The van der Waals surface area contributed by atoms with Crippen LogP contribution in [0.3, 0.4) is 0 Å². The minimum absolute atomic E-state index is 0.266. The van der Waals surface area contributed by atoms with Crippen molar-refractivity contribution in [3.63, 3.8) is 0 Å². The maximum Gasteiger partial charge on any atom is 0.242 e. The summed E-state index contributed by atoms with van der Waals surface area (Å²) in [5.74, 6) is -1.50. The molecule has 0 aromatic heterocycles. The first kappa shape index (κ1) is 21.2. The van der Waals surface area contributed by atoms with E-state index in [1.165, 1.54) is 27.2 Å². The highest BCUT2D eigenvalue weighted by atomic mass is 32.2. The molecule has 2 rings (SSSR count). The van der Waals surface area contributed by atoms with E-state index in [0.29, 0.717) is 17.2 Å². The molecule has 28 heavy (non-hydrogen) atoms. The van der Waals surface area contributed by atoms with Gasteiger partial charge >= 0.3 is 0 Å². The lowest BCUT2D eigenvalue weighted by Crippen LogP contribution is -2.37. The minimum Gasteiger partial charge on any atom is -0.497 e. The van der Waals surface area contributed by atoms with Crippen LogP contribution in [0.1, 0.15) is 6.92 Å². The molecule has 1 unspecified atom stereocenters. The summed E-state index contributed by atoms with van der Waals surface area (Å²) in [6.07, 6.45) is 0. The normalized spacial score (nSPS) is 12.0. The van der Waals surface area contributed by atoms with Crippen molar-refractivity contribution in [2.24, 2.45) is 0 Å². The maximum atomic E-state index is 12.5. The highest BCUT2D eigenvalue weighted by molar-refractivity contribution is 7.93.